The SMILES string of the molecule is Cc1ccsc1C(=O)NC(C)C(O)c1ccc(F)c(F)c1. The van der Waals surface area contributed by atoms with Crippen LogP contribution in [0, 0.1) is 18.6 Å². The maximum atomic E-state index is 13.2. The van der Waals surface area contributed by atoms with Gasteiger partial charge in [0.2, 0.25) is 0 Å². The molecule has 2 rings (SSSR count). The summed E-state index contributed by atoms with van der Waals surface area (Å²) in [6.07, 6.45) is -1.12. The van der Waals surface area contributed by atoms with Gasteiger partial charge in [-0.15, -0.1) is 11.3 Å². The quantitative estimate of drug-likeness (QED) is 0.911. The van der Waals surface area contributed by atoms with Crippen LogP contribution in [0.15, 0.2) is 29.6 Å². The monoisotopic (exact) mass is 311 g/mol. The Kier molecular flexibility index (Phi) is 4.69. The number of aryl methyl sites for hydroxylation is 1. The molecule has 2 atom stereocenters. The van der Waals surface area contributed by atoms with Crippen molar-refractivity contribution < 1.29 is 18.7 Å². The maximum Gasteiger partial charge on any atom is 0.261 e. The van der Waals surface area contributed by atoms with Crippen LogP contribution in [0.4, 0.5) is 8.78 Å². The van der Waals surface area contributed by atoms with Gasteiger partial charge in [0, 0.05) is 0 Å². The van der Waals surface area contributed by atoms with Gasteiger partial charge in [0.25, 0.3) is 5.91 Å². The second-order valence-corrected chi connectivity index (χ2v) is 5.73. The van der Waals surface area contributed by atoms with Crippen LogP contribution in [0.3, 0.4) is 0 Å². The fraction of sp³-hybridized carbons (Fsp3) is 0.267. The van der Waals surface area contributed by atoms with E-state index in [4.69, 9.17) is 0 Å². The van der Waals surface area contributed by atoms with Crippen LogP contribution in [0.2, 0.25) is 0 Å². The van der Waals surface area contributed by atoms with Crippen molar-refractivity contribution in [3.8, 4) is 0 Å². The normalized spacial score (nSPS) is 13.8. The lowest BCUT2D eigenvalue weighted by molar-refractivity contribution is 0.0855. The Hall–Kier alpha value is -1.79. The average molecular weight is 311 g/mol. The highest BCUT2D eigenvalue weighted by molar-refractivity contribution is 7.12. The zero-order valence-electron chi connectivity index (χ0n) is 11.6. The van der Waals surface area contributed by atoms with Gasteiger partial charge >= 0.3 is 0 Å². The number of thiophene rings is 1. The van der Waals surface area contributed by atoms with Crippen LogP contribution >= 0.6 is 11.3 Å². The molecule has 2 N–H and O–H groups in total. The molecule has 0 saturated carbocycles. The van der Waals surface area contributed by atoms with Crippen molar-refractivity contribution in [2.75, 3.05) is 0 Å². The van der Waals surface area contributed by atoms with Crippen LogP contribution in [0.1, 0.15) is 33.8 Å². The number of aliphatic hydroxyl groups excluding tert-OH is 1. The number of benzene rings is 1. The Morgan fingerprint density at radius 1 is 1.29 bits per heavy atom. The first-order chi connectivity index (χ1) is 9.90. The zero-order valence-corrected chi connectivity index (χ0v) is 12.4. The summed E-state index contributed by atoms with van der Waals surface area (Å²) < 4.78 is 26.0. The van der Waals surface area contributed by atoms with E-state index in [9.17, 15) is 18.7 Å². The molecule has 0 bridgehead atoms. The van der Waals surface area contributed by atoms with Crippen molar-refractivity contribution in [1.82, 2.24) is 5.32 Å². The molecule has 2 aromatic rings. The van der Waals surface area contributed by atoms with Crippen LogP contribution in [0.5, 0.6) is 0 Å². The van der Waals surface area contributed by atoms with E-state index < -0.39 is 23.8 Å². The number of hydrogen-bond donors (Lipinski definition) is 2. The van der Waals surface area contributed by atoms with Crippen molar-refractivity contribution in [2.45, 2.75) is 26.0 Å². The lowest BCUT2D eigenvalue weighted by Crippen LogP contribution is -2.37. The molecule has 6 heteroatoms. The molecular formula is C15H15F2NO2S. The van der Waals surface area contributed by atoms with Crippen LogP contribution in [-0.2, 0) is 0 Å². The molecule has 1 aromatic carbocycles. The third-order valence-corrected chi connectivity index (χ3v) is 4.20. The molecule has 21 heavy (non-hydrogen) atoms. The van der Waals surface area contributed by atoms with Crippen molar-refractivity contribution >= 4 is 17.2 Å². The number of carbonyl (C=O) groups excluding carboxylic acids is 1. The Morgan fingerprint density at radius 3 is 2.57 bits per heavy atom. The number of nitrogens with one attached hydrogen (secondary N) is 1. The number of rotatable bonds is 4. The Morgan fingerprint density at radius 2 is 2.00 bits per heavy atom. The Bertz CT molecular complexity index is 657. The molecule has 0 aliphatic carbocycles. The van der Waals surface area contributed by atoms with E-state index in [2.05, 4.69) is 5.32 Å². The summed E-state index contributed by atoms with van der Waals surface area (Å²) in [5.74, 6) is -2.30. The van der Waals surface area contributed by atoms with E-state index in [1.165, 1.54) is 17.4 Å². The summed E-state index contributed by atoms with van der Waals surface area (Å²) in [5, 5.41) is 14.6. The molecule has 1 amide bonds. The van der Waals surface area contributed by atoms with Gasteiger partial charge in [0.15, 0.2) is 11.6 Å². The highest BCUT2D eigenvalue weighted by atomic mass is 32.1. The molecule has 0 aliphatic heterocycles. The second-order valence-electron chi connectivity index (χ2n) is 4.81. The molecule has 1 aromatic heterocycles. The first-order valence-corrected chi connectivity index (χ1v) is 7.26. The molecule has 2 unspecified atom stereocenters. The fourth-order valence-corrected chi connectivity index (χ4v) is 2.77. The molecule has 0 radical (unpaired) electrons. The van der Waals surface area contributed by atoms with Crippen LogP contribution in [-0.4, -0.2) is 17.1 Å². The molecule has 0 aliphatic rings. The van der Waals surface area contributed by atoms with Gasteiger partial charge in [0.05, 0.1) is 17.0 Å². The van der Waals surface area contributed by atoms with E-state index in [1.54, 1.807) is 12.3 Å². The highest BCUT2D eigenvalue weighted by Crippen LogP contribution is 2.21. The lowest BCUT2D eigenvalue weighted by Gasteiger charge is -2.20. The summed E-state index contributed by atoms with van der Waals surface area (Å²) in [5.41, 5.74) is 1.07. The number of amides is 1. The van der Waals surface area contributed by atoms with Gasteiger partial charge in [-0.25, -0.2) is 8.78 Å². The first-order valence-electron chi connectivity index (χ1n) is 6.38. The molecule has 3 nitrogen and oxygen atoms in total. The molecule has 1 heterocycles. The molecule has 0 fully saturated rings. The van der Waals surface area contributed by atoms with E-state index in [0.29, 0.717) is 4.88 Å². The Balaban J connectivity index is 2.09. The highest BCUT2D eigenvalue weighted by Gasteiger charge is 2.21. The van der Waals surface area contributed by atoms with E-state index in [1.807, 2.05) is 13.0 Å². The van der Waals surface area contributed by atoms with E-state index in [0.717, 1.165) is 17.7 Å². The average Bonchev–Trinajstić information content (AvgIpc) is 2.87. The third-order valence-electron chi connectivity index (χ3n) is 3.19. The van der Waals surface area contributed by atoms with Crippen molar-refractivity contribution in [1.29, 1.82) is 0 Å². The van der Waals surface area contributed by atoms with E-state index >= 15 is 0 Å². The second kappa shape index (κ2) is 6.32. The summed E-state index contributed by atoms with van der Waals surface area (Å²) in [4.78, 5) is 12.6. The molecule has 0 saturated heterocycles. The van der Waals surface area contributed by atoms with Crippen molar-refractivity contribution in [2.24, 2.45) is 0 Å². The van der Waals surface area contributed by atoms with Gasteiger partial charge in [-0.3, -0.25) is 4.79 Å². The number of aliphatic hydroxyl groups is 1. The molecule has 112 valence electrons. The summed E-state index contributed by atoms with van der Waals surface area (Å²) in [7, 11) is 0. The first kappa shape index (κ1) is 15.6. The zero-order chi connectivity index (χ0) is 15.6. The van der Waals surface area contributed by atoms with Gasteiger partial charge < -0.3 is 10.4 Å². The van der Waals surface area contributed by atoms with Gasteiger partial charge in [0.1, 0.15) is 0 Å². The van der Waals surface area contributed by atoms with Gasteiger partial charge in [-0.2, -0.15) is 0 Å². The minimum atomic E-state index is -1.12. The minimum Gasteiger partial charge on any atom is -0.386 e. The fourth-order valence-electron chi connectivity index (χ4n) is 1.94. The summed E-state index contributed by atoms with van der Waals surface area (Å²) in [6.45, 7) is 3.43. The topological polar surface area (TPSA) is 49.3 Å². The maximum absolute atomic E-state index is 13.2. The van der Waals surface area contributed by atoms with Crippen molar-refractivity contribution in [3.05, 3.63) is 57.3 Å². The molecular weight excluding hydrogens is 296 g/mol. The summed E-state index contributed by atoms with van der Waals surface area (Å²) in [6, 6.07) is 4.37. The predicted octanol–water partition coefficient (Wildman–Crippen LogP) is 3.19. The number of halogens is 2. The van der Waals surface area contributed by atoms with Crippen molar-refractivity contribution in [3.63, 3.8) is 0 Å². The summed E-state index contributed by atoms with van der Waals surface area (Å²) >= 11 is 1.31. The molecule has 0 spiro atoms. The van der Waals surface area contributed by atoms with Crippen LogP contribution < -0.4 is 5.32 Å². The third kappa shape index (κ3) is 3.46. The van der Waals surface area contributed by atoms with Crippen LogP contribution in [0.25, 0.3) is 0 Å². The number of hydrogen-bond acceptors (Lipinski definition) is 3. The standard InChI is InChI=1S/C15H15F2NO2S/c1-8-5-6-21-14(8)15(20)18-9(2)13(19)10-3-4-11(16)12(17)7-10/h3-7,9,13,19H,1-2H3,(H,18,20). The lowest BCUT2D eigenvalue weighted by atomic mass is 10.0. The number of carbonyl (C=O) groups is 1. The van der Waals surface area contributed by atoms with Gasteiger partial charge in [-0.05, 0) is 48.6 Å². The predicted molar refractivity (Wildman–Crippen MR) is 77.3 cm³/mol. The minimum absolute atomic E-state index is 0.213. The van der Waals surface area contributed by atoms with E-state index in [-0.39, 0.29) is 11.5 Å². The Labute approximate surface area is 125 Å². The largest absolute Gasteiger partial charge is 0.386 e. The van der Waals surface area contributed by atoms with Gasteiger partial charge in [-0.1, -0.05) is 6.07 Å². The smallest absolute Gasteiger partial charge is 0.261 e.